The van der Waals surface area contributed by atoms with E-state index in [1.54, 1.807) is 16.9 Å². The van der Waals surface area contributed by atoms with Crippen LogP contribution in [0, 0.1) is 0 Å². The number of amides is 2. The lowest BCUT2D eigenvalue weighted by atomic mass is 10.1. The van der Waals surface area contributed by atoms with E-state index in [1.807, 2.05) is 60.7 Å². The van der Waals surface area contributed by atoms with Crippen molar-refractivity contribution >= 4 is 46.2 Å². The number of methoxy groups -OCH3 is 1. The Bertz CT molecular complexity index is 1010. The lowest BCUT2D eigenvalue weighted by Gasteiger charge is -2.22. The molecule has 3 rings (SSSR count). The van der Waals surface area contributed by atoms with E-state index in [-0.39, 0.29) is 18.4 Å². The molecule has 0 unspecified atom stereocenters. The zero-order valence-electron chi connectivity index (χ0n) is 19.3. The molecule has 0 atom stereocenters. The topological polar surface area (TPSA) is 70.1 Å². The molecule has 34 heavy (non-hydrogen) atoms. The summed E-state index contributed by atoms with van der Waals surface area (Å²) in [5.41, 5.74) is 1.96. The molecule has 1 aliphatic rings. The Balaban J connectivity index is 1.43. The number of aliphatic hydroxyl groups excluding tert-OH is 1. The highest BCUT2D eigenvalue weighted by Crippen LogP contribution is 2.33. The number of nitrogens with zero attached hydrogens (tertiary/aromatic N) is 2. The molecule has 0 radical (unpaired) electrons. The smallest absolute Gasteiger partial charge is 0.266 e. The lowest BCUT2D eigenvalue weighted by molar-refractivity contribution is -0.132. The molecular weight excluding hydrogens is 468 g/mol. The number of unbranched alkanes of at least 4 members (excludes halogenated alkanes) is 2. The van der Waals surface area contributed by atoms with Crippen LogP contribution in [0.25, 0.3) is 6.08 Å². The highest BCUT2D eigenvalue weighted by Gasteiger charge is 2.31. The fraction of sp³-hybridized carbons (Fsp3) is 0.346. The van der Waals surface area contributed by atoms with Gasteiger partial charge in [0.2, 0.25) is 5.91 Å². The summed E-state index contributed by atoms with van der Waals surface area (Å²) < 4.78 is 5.74. The second kappa shape index (κ2) is 13.3. The van der Waals surface area contributed by atoms with Gasteiger partial charge in [0.05, 0.1) is 18.6 Å². The number of thiocarbonyl (C=S) groups is 1. The van der Waals surface area contributed by atoms with Crippen LogP contribution in [-0.4, -0.2) is 57.8 Å². The van der Waals surface area contributed by atoms with Gasteiger partial charge in [-0.15, -0.1) is 0 Å². The van der Waals surface area contributed by atoms with Gasteiger partial charge in [0.25, 0.3) is 5.91 Å². The third kappa shape index (κ3) is 7.41. The van der Waals surface area contributed by atoms with Crippen LogP contribution in [0.2, 0.25) is 0 Å². The van der Waals surface area contributed by atoms with Gasteiger partial charge in [-0.2, -0.15) is 0 Å². The lowest BCUT2D eigenvalue weighted by Crippen LogP contribution is -2.33. The summed E-state index contributed by atoms with van der Waals surface area (Å²) in [5, 5.41) is 9.33. The van der Waals surface area contributed by atoms with Gasteiger partial charge in [0, 0.05) is 26.1 Å². The third-order valence-corrected chi connectivity index (χ3v) is 6.88. The third-order valence-electron chi connectivity index (χ3n) is 5.50. The molecule has 0 bridgehead atoms. The zero-order chi connectivity index (χ0) is 24.3. The van der Waals surface area contributed by atoms with Crippen molar-refractivity contribution in [2.75, 3.05) is 26.8 Å². The van der Waals surface area contributed by atoms with Gasteiger partial charge in [-0.25, -0.2) is 0 Å². The number of carbonyl (C=O) groups excluding carboxylic acids is 2. The van der Waals surface area contributed by atoms with E-state index in [1.165, 1.54) is 11.8 Å². The molecule has 1 heterocycles. The summed E-state index contributed by atoms with van der Waals surface area (Å²) in [6.45, 7) is 1.31. The Morgan fingerprint density at radius 2 is 1.85 bits per heavy atom. The monoisotopic (exact) mass is 498 g/mol. The summed E-state index contributed by atoms with van der Waals surface area (Å²) in [5.74, 6) is 0.729. The normalized spacial score (nSPS) is 14.6. The van der Waals surface area contributed by atoms with Gasteiger partial charge in [0.1, 0.15) is 10.1 Å². The number of hydrogen-bond acceptors (Lipinski definition) is 6. The molecule has 8 heteroatoms. The van der Waals surface area contributed by atoms with Crippen molar-refractivity contribution in [3.63, 3.8) is 0 Å². The quantitative estimate of drug-likeness (QED) is 0.264. The number of benzene rings is 2. The Labute approximate surface area is 210 Å². The summed E-state index contributed by atoms with van der Waals surface area (Å²) in [6.07, 6.45) is 4.58. The first-order chi connectivity index (χ1) is 16.5. The first-order valence-electron chi connectivity index (χ1n) is 11.3. The van der Waals surface area contributed by atoms with E-state index >= 15 is 0 Å². The molecule has 2 aromatic carbocycles. The molecule has 0 aliphatic carbocycles. The Kier molecular flexibility index (Phi) is 10.1. The summed E-state index contributed by atoms with van der Waals surface area (Å²) in [4.78, 5) is 29.4. The van der Waals surface area contributed by atoms with Crippen LogP contribution in [0.4, 0.5) is 0 Å². The molecule has 0 spiro atoms. The highest BCUT2D eigenvalue weighted by atomic mass is 32.2. The molecule has 2 amide bonds. The Hall–Kier alpha value is -2.68. The van der Waals surface area contributed by atoms with Gasteiger partial charge >= 0.3 is 0 Å². The SMILES string of the molecule is COc1ccc(/C=C2\SC(=S)N(CCCCCC(=O)N(CCO)Cc3ccccc3)C2=O)cc1. The van der Waals surface area contributed by atoms with Crippen molar-refractivity contribution < 1.29 is 19.4 Å². The van der Waals surface area contributed by atoms with E-state index in [9.17, 15) is 14.7 Å². The van der Waals surface area contributed by atoms with Crippen LogP contribution in [0.1, 0.15) is 36.8 Å². The average molecular weight is 499 g/mol. The minimum atomic E-state index is -0.0705. The maximum atomic E-state index is 12.8. The van der Waals surface area contributed by atoms with E-state index in [2.05, 4.69) is 0 Å². The van der Waals surface area contributed by atoms with E-state index in [4.69, 9.17) is 17.0 Å². The Morgan fingerprint density at radius 1 is 1.12 bits per heavy atom. The van der Waals surface area contributed by atoms with Crippen molar-refractivity contribution in [1.29, 1.82) is 0 Å². The fourth-order valence-corrected chi connectivity index (χ4v) is 4.95. The molecule has 1 N–H and O–H groups in total. The minimum absolute atomic E-state index is 0.0333. The molecule has 1 aliphatic heterocycles. The number of thioether (sulfide) groups is 1. The summed E-state index contributed by atoms with van der Waals surface area (Å²) >= 11 is 6.74. The molecule has 1 fully saturated rings. The number of hydrogen-bond donors (Lipinski definition) is 1. The fourth-order valence-electron chi connectivity index (χ4n) is 3.64. The first kappa shape index (κ1) is 25.9. The maximum Gasteiger partial charge on any atom is 0.266 e. The van der Waals surface area contributed by atoms with Crippen LogP contribution in [0.3, 0.4) is 0 Å². The van der Waals surface area contributed by atoms with Crippen LogP contribution >= 0.6 is 24.0 Å². The number of aliphatic hydroxyl groups is 1. The second-order valence-corrected chi connectivity index (χ2v) is 9.62. The molecule has 0 aromatic heterocycles. The largest absolute Gasteiger partial charge is 0.497 e. The van der Waals surface area contributed by atoms with Gasteiger partial charge in [-0.3, -0.25) is 14.5 Å². The van der Waals surface area contributed by atoms with Crippen molar-refractivity contribution in [3.05, 3.63) is 70.6 Å². The van der Waals surface area contributed by atoms with Crippen molar-refractivity contribution in [2.45, 2.75) is 32.2 Å². The van der Waals surface area contributed by atoms with Crippen LogP contribution < -0.4 is 4.74 Å². The van der Waals surface area contributed by atoms with Gasteiger partial charge in [-0.05, 0) is 42.2 Å². The van der Waals surface area contributed by atoms with Crippen molar-refractivity contribution in [3.8, 4) is 5.75 Å². The predicted molar refractivity (Wildman–Crippen MR) is 140 cm³/mol. The number of rotatable bonds is 12. The predicted octanol–water partition coefficient (Wildman–Crippen LogP) is 4.48. The second-order valence-electron chi connectivity index (χ2n) is 7.94. The molecular formula is C26H30N2O4S2. The average Bonchev–Trinajstić information content (AvgIpc) is 3.11. The molecule has 180 valence electrons. The van der Waals surface area contributed by atoms with Crippen LogP contribution in [-0.2, 0) is 16.1 Å². The number of ether oxygens (including phenoxy) is 1. The van der Waals surface area contributed by atoms with Gasteiger partial charge < -0.3 is 14.7 Å². The van der Waals surface area contributed by atoms with Gasteiger partial charge in [0.15, 0.2) is 0 Å². The van der Waals surface area contributed by atoms with E-state index in [0.29, 0.717) is 35.3 Å². The van der Waals surface area contributed by atoms with Gasteiger partial charge in [-0.1, -0.05) is 72.9 Å². The first-order valence-corrected chi connectivity index (χ1v) is 12.6. The summed E-state index contributed by atoms with van der Waals surface area (Å²) in [6, 6.07) is 17.3. The number of carbonyl (C=O) groups is 2. The van der Waals surface area contributed by atoms with Crippen LogP contribution in [0.15, 0.2) is 59.5 Å². The molecule has 0 saturated carbocycles. The Morgan fingerprint density at radius 3 is 2.53 bits per heavy atom. The molecule has 2 aromatic rings. The highest BCUT2D eigenvalue weighted by molar-refractivity contribution is 8.26. The minimum Gasteiger partial charge on any atom is -0.497 e. The van der Waals surface area contributed by atoms with E-state index < -0.39 is 0 Å². The zero-order valence-corrected chi connectivity index (χ0v) is 20.9. The summed E-state index contributed by atoms with van der Waals surface area (Å²) in [7, 11) is 1.62. The molecule has 1 saturated heterocycles. The van der Waals surface area contributed by atoms with Crippen molar-refractivity contribution in [1.82, 2.24) is 9.80 Å². The van der Waals surface area contributed by atoms with Crippen LogP contribution in [0.5, 0.6) is 5.75 Å². The van der Waals surface area contributed by atoms with E-state index in [0.717, 1.165) is 36.1 Å². The molecule has 6 nitrogen and oxygen atoms in total. The standard InChI is InChI=1S/C26H30N2O4S2/c1-32-22-13-11-20(12-14-22)18-23-25(31)28(26(33)34-23)15-7-3-6-10-24(30)27(16-17-29)19-21-8-4-2-5-9-21/h2,4-5,8-9,11-14,18,29H,3,6-7,10,15-17,19H2,1H3/b23-18-. The van der Waals surface area contributed by atoms with Crippen molar-refractivity contribution in [2.24, 2.45) is 0 Å². The maximum absolute atomic E-state index is 12.8.